The van der Waals surface area contributed by atoms with Gasteiger partial charge in [0.25, 0.3) is 0 Å². The molecule has 1 aromatic heterocycles. The van der Waals surface area contributed by atoms with Crippen molar-refractivity contribution in [2.75, 3.05) is 18.9 Å². The average molecular weight is 233 g/mol. The Balaban J connectivity index is 2.10. The summed E-state index contributed by atoms with van der Waals surface area (Å²) in [6, 6.07) is 5.44. The summed E-state index contributed by atoms with van der Waals surface area (Å²) < 4.78 is 5.40. The molecule has 1 amide bonds. The maximum Gasteiger partial charge on any atom is 0.225 e. The molecule has 5 nitrogen and oxygen atoms in total. The topological polar surface area (TPSA) is 67.2 Å². The van der Waals surface area contributed by atoms with E-state index in [0.29, 0.717) is 24.4 Å². The number of nitrogens with one attached hydrogen (secondary N) is 2. The minimum Gasteiger partial charge on any atom is -0.441 e. The van der Waals surface area contributed by atoms with E-state index >= 15 is 0 Å². The van der Waals surface area contributed by atoms with Crippen LogP contribution in [-0.4, -0.2) is 24.5 Å². The van der Waals surface area contributed by atoms with Gasteiger partial charge in [0.2, 0.25) is 5.91 Å². The lowest BCUT2D eigenvalue weighted by atomic mass is 10.2. The van der Waals surface area contributed by atoms with E-state index in [1.54, 1.807) is 13.0 Å². The summed E-state index contributed by atoms with van der Waals surface area (Å²) in [7, 11) is 1.82. The van der Waals surface area contributed by atoms with Gasteiger partial charge in [-0.3, -0.25) is 4.79 Å². The van der Waals surface area contributed by atoms with Crippen LogP contribution >= 0.6 is 0 Å². The molecule has 5 heteroatoms. The van der Waals surface area contributed by atoms with Crippen LogP contribution in [0.3, 0.4) is 0 Å². The van der Waals surface area contributed by atoms with E-state index in [9.17, 15) is 4.79 Å². The fraction of sp³-hybridized carbons (Fsp3) is 0.333. The fourth-order valence-electron chi connectivity index (χ4n) is 1.58. The lowest BCUT2D eigenvalue weighted by Crippen LogP contribution is -2.18. The van der Waals surface area contributed by atoms with Crippen molar-refractivity contribution < 1.29 is 9.21 Å². The smallest absolute Gasteiger partial charge is 0.225 e. The van der Waals surface area contributed by atoms with Gasteiger partial charge in [0.1, 0.15) is 5.52 Å². The highest BCUT2D eigenvalue weighted by Crippen LogP contribution is 2.19. The number of fused-ring (bicyclic) bond motifs is 1. The van der Waals surface area contributed by atoms with Crippen molar-refractivity contribution in [3.8, 4) is 0 Å². The number of amides is 1. The first-order valence-corrected chi connectivity index (χ1v) is 5.50. The van der Waals surface area contributed by atoms with Crippen molar-refractivity contribution in [3.05, 3.63) is 24.1 Å². The number of carbonyl (C=O) groups excluding carboxylic acids is 1. The number of benzene rings is 1. The van der Waals surface area contributed by atoms with E-state index < -0.39 is 0 Å². The number of hydrogen-bond acceptors (Lipinski definition) is 4. The normalized spacial score (nSPS) is 10.7. The molecule has 0 saturated heterocycles. The highest BCUT2D eigenvalue weighted by atomic mass is 16.3. The first-order chi connectivity index (χ1) is 8.19. The summed E-state index contributed by atoms with van der Waals surface area (Å²) in [6.07, 6.45) is 0.448. The van der Waals surface area contributed by atoms with E-state index in [1.165, 1.54) is 0 Å². The molecule has 0 aliphatic rings. The first-order valence-electron chi connectivity index (χ1n) is 5.50. The largest absolute Gasteiger partial charge is 0.441 e. The molecule has 2 N–H and O–H groups in total. The van der Waals surface area contributed by atoms with Crippen LogP contribution < -0.4 is 10.6 Å². The fourth-order valence-corrected chi connectivity index (χ4v) is 1.58. The Labute approximate surface area is 99.2 Å². The zero-order valence-corrected chi connectivity index (χ0v) is 9.91. The Morgan fingerprint density at radius 1 is 1.47 bits per heavy atom. The van der Waals surface area contributed by atoms with Crippen molar-refractivity contribution in [1.29, 1.82) is 0 Å². The predicted molar refractivity (Wildman–Crippen MR) is 65.9 cm³/mol. The predicted octanol–water partition coefficient (Wildman–Crippen LogP) is 1.68. The molecule has 2 rings (SSSR count). The van der Waals surface area contributed by atoms with Crippen LogP contribution in [0.25, 0.3) is 11.1 Å². The standard InChI is InChI=1S/C12H15N3O2/c1-8-14-10-4-3-9(7-11(10)17-8)15-12(16)5-6-13-2/h3-4,7,13H,5-6H2,1-2H3,(H,15,16). The summed E-state index contributed by atoms with van der Waals surface area (Å²) in [6.45, 7) is 2.46. The van der Waals surface area contributed by atoms with Gasteiger partial charge in [0.15, 0.2) is 11.5 Å². The lowest BCUT2D eigenvalue weighted by molar-refractivity contribution is -0.116. The Bertz CT molecular complexity index is 534. The number of aromatic nitrogens is 1. The molecule has 17 heavy (non-hydrogen) atoms. The number of rotatable bonds is 4. The third-order valence-electron chi connectivity index (χ3n) is 2.38. The molecule has 1 heterocycles. The maximum absolute atomic E-state index is 11.5. The molecule has 0 aliphatic heterocycles. The summed E-state index contributed by atoms with van der Waals surface area (Å²) in [5.41, 5.74) is 2.22. The Morgan fingerprint density at radius 3 is 3.06 bits per heavy atom. The second-order valence-corrected chi connectivity index (χ2v) is 3.82. The summed E-state index contributed by atoms with van der Waals surface area (Å²) in [4.78, 5) is 15.7. The van der Waals surface area contributed by atoms with Gasteiger partial charge in [-0.1, -0.05) is 0 Å². The van der Waals surface area contributed by atoms with Crippen molar-refractivity contribution in [2.24, 2.45) is 0 Å². The van der Waals surface area contributed by atoms with Crippen LogP contribution in [0, 0.1) is 6.92 Å². The highest BCUT2D eigenvalue weighted by Gasteiger charge is 2.05. The van der Waals surface area contributed by atoms with E-state index in [0.717, 1.165) is 11.2 Å². The average Bonchev–Trinajstić information content (AvgIpc) is 2.65. The molecule has 0 aliphatic carbocycles. The van der Waals surface area contributed by atoms with Gasteiger partial charge >= 0.3 is 0 Å². The van der Waals surface area contributed by atoms with Crippen molar-refractivity contribution >= 4 is 22.7 Å². The molecule has 0 fully saturated rings. The van der Waals surface area contributed by atoms with Crippen LogP contribution in [-0.2, 0) is 4.79 Å². The lowest BCUT2D eigenvalue weighted by Gasteiger charge is -2.04. The Morgan fingerprint density at radius 2 is 2.29 bits per heavy atom. The number of anilines is 1. The van der Waals surface area contributed by atoms with E-state index in [1.807, 2.05) is 19.2 Å². The molecule has 90 valence electrons. The minimum absolute atomic E-state index is 0.0186. The zero-order valence-electron chi connectivity index (χ0n) is 9.91. The number of carbonyl (C=O) groups is 1. The second kappa shape index (κ2) is 4.97. The Kier molecular flexibility index (Phi) is 3.39. The summed E-state index contributed by atoms with van der Waals surface area (Å²) >= 11 is 0. The van der Waals surface area contributed by atoms with Gasteiger partial charge in [-0.25, -0.2) is 4.98 Å². The molecule has 0 radical (unpaired) electrons. The highest BCUT2D eigenvalue weighted by molar-refractivity contribution is 5.92. The number of aryl methyl sites for hydroxylation is 1. The second-order valence-electron chi connectivity index (χ2n) is 3.82. The molecule has 0 saturated carbocycles. The molecule has 0 spiro atoms. The van der Waals surface area contributed by atoms with Gasteiger partial charge in [-0.15, -0.1) is 0 Å². The molecule has 0 unspecified atom stereocenters. The van der Waals surface area contributed by atoms with Gasteiger partial charge in [0, 0.05) is 31.6 Å². The SMILES string of the molecule is CNCCC(=O)Nc1ccc2nc(C)oc2c1. The monoisotopic (exact) mass is 233 g/mol. The number of oxazole rings is 1. The van der Waals surface area contributed by atoms with Crippen LogP contribution in [0.5, 0.6) is 0 Å². The minimum atomic E-state index is -0.0186. The third-order valence-corrected chi connectivity index (χ3v) is 2.38. The summed E-state index contributed by atoms with van der Waals surface area (Å²) in [5, 5.41) is 5.74. The molecule has 2 aromatic rings. The van der Waals surface area contributed by atoms with Crippen molar-refractivity contribution in [1.82, 2.24) is 10.3 Å². The van der Waals surface area contributed by atoms with Crippen LogP contribution in [0.4, 0.5) is 5.69 Å². The molecular weight excluding hydrogens is 218 g/mol. The zero-order chi connectivity index (χ0) is 12.3. The van der Waals surface area contributed by atoms with Gasteiger partial charge in [-0.2, -0.15) is 0 Å². The molecule has 1 aromatic carbocycles. The quantitative estimate of drug-likeness (QED) is 0.843. The van der Waals surface area contributed by atoms with E-state index in [2.05, 4.69) is 15.6 Å². The molecular formula is C12H15N3O2. The van der Waals surface area contributed by atoms with Gasteiger partial charge in [-0.05, 0) is 19.2 Å². The number of nitrogens with zero attached hydrogens (tertiary/aromatic N) is 1. The van der Waals surface area contributed by atoms with Crippen molar-refractivity contribution in [3.63, 3.8) is 0 Å². The maximum atomic E-state index is 11.5. The molecule has 0 atom stereocenters. The van der Waals surface area contributed by atoms with Crippen molar-refractivity contribution in [2.45, 2.75) is 13.3 Å². The summed E-state index contributed by atoms with van der Waals surface area (Å²) in [5.74, 6) is 0.605. The van der Waals surface area contributed by atoms with E-state index in [-0.39, 0.29) is 5.91 Å². The van der Waals surface area contributed by atoms with Crippen LogP contribution in [0.15, 0.2) is 22.6 Å². The van der Waals surface area contributed by atoms with E-state index in [4.69, 9.17) is 4.42 Å². The molecule has 0 bridgehead atoms. The van der Waals surface area contributed by atoms with Gasteiger partial charge in [0.05, 0.1) is 0 Å². The first kappa shape index (κ1) is 11.6. The van der Waals surface area contributed by atoms with Crippen LogP contribution in [0.2, 0.25) is 0 Å². The Hall–Kier alpha value is -1.88. The third kappa shape index (κ3) is 2.82. The van der Waals surface area contributed by atoms with Crippen LogP contribution in [0.1, 0.15) is 12.3 Å². The van der Waals surface area contributed by atoms with Gasteiger partial charge < -0.3 is 15.1 Å². The number of hydrogen-bond donors (Lipinski definition) is 2.